The van der Waals surface area contributed by atoms with Gasteiger partial charge in [-0.2, -0.15) is 5.10 Å². The molecule has 1 aromatic rings. The third-order valence-corrected chi connectivity index (χ3v) is 3.31. The number of aryl methyl sites for hydroxylation is 1. The van der Waals surface area contributed by atoms with E-state index in [1.54, 1.807) is 6.07 Å². The summed E-state index contributed by atoms with van der Waals surface area (Å²) < 4.78 is 0. The number of unbranched alkanes of at least 4 members (excludes halogenated alkanes) is 6. The number of amides is 1. The van der Waals surface area contributed by atoms with Crippen LogP contribution in [0.1, 0.15) is 68.1 Å². The van der Waals surface area contributed by atoms with Gasteiger partial charge in [0.2, 0.25) is 0 Å². The minimum absolute atomic E-state index is 0.0545. The fourth-order valence-electron chi connectivity index (χ4n) is 2.14. The smallest absolute Gasteiger partial charge is 0.271 e. The highest BCUT2D eigenvalue weighted by atomic mass is 16.3. The number of nitrogens with zero attached hydrogens (tertiary/aromatic N) is 1. The Kier molecular flexibility index (Phi) is 8.71. The topological polar surface area (TPSA) is 78.0 Å². The lowest BCUT2D eigenvalue weighted by molar-refractivity contribution is 0.0939. The van der Waals surface area contributed by atoms with Crippen LogP contribution in [0.2, 0.25) is 0 Å². The third-order valence-electron chi connectivity index (χ3n) is 3.31. The van der Waals surface area contributed by atoms with E-state index in [2.05, 4.69) is 22.4 Å². The average Bonchev–Trinajstić information content (AvgIpc) is 2.92. The quantitative estimate of drug-likeness (QED) is 0.545. The summed E-state index contributed by atoms with van der Waals surface area (Å²) in [6.07, 6.45) is 9.89. The summed E-state index contributed by atoms with van der Waals surface area (Å²) in [6.45, 7) is 2.44. The molecule has 0 bridgehead atoms. The first-order valence-corrected chi connectivity index (χ1v) is 7.71. The molecule has 1 rings (SSSR count). The lowest BCUT2D eigenvalue weighted by Gasteiger charge is -2.00. The van der Waals surface area contributed by atoms with E-state index in [9.17, 15) is 4.79 Å². The Hall–Kier alpha value is -1.36. The maximum absolute atomic E-state index is 11.6. The standard InChI is InChI=1S/C15H27N3O2/c1-2-3-4-5-6-7-8-9-13-12-14(18-17-13)15(20)16-10-11-19/h12,19H,2-11H2,1H3,(H,16,20)(H,17,18). The molecule has 1 heterocycles. The predicted octanol–water partition coefficient (Wildman–Crippen LogP) is 2.42. The van der Waals surface area contributed by atoms with Gasteiger partial charge in [-0.3, -0.25) is 9.89 Å². The van der Waals surface area contributed by atoms with E-state index < -0.39 is 0 Å². The highest BCUT2D eigenvalue weighted by Crippen LogP contribution is 2.10. The summed E-state index contributed by atoms with van der Waals surface area (Å²) in [6, 6.07) is 1.80. The summed E-state index contributed by atoms with van der Waals surface area (Å²) in [5.74, 6) is -0.235. The maximum Gasteiger partial charge on any atom is 0.271 e. The van der Waals surface area contributed by atoms with Crippen molar-refractivity contribution in [3.8, 4) is 0 Å². The van der Waals surface area contributed by atoms with Crippen LogP contribution in [0.4, 0.5) is 0 Å². The molecule has 5 heteroatoms. The van der Waals surface area contributed by atoms with Crippen LogP contribution in [0, 0.1) is 0 Å². The number of aliphatic hydroxyl groups is 1. The van der Waals surface area contributed by atoms with E-state index in [1.165, 1.54) is 38.5 Å². The number of aromatic amines is 1. The maximum atomic E-state index is 11.6. The van der Waals surface area contributed by atoms with Gasteiger partial charge in [-0.25, -0.2) is 0 Å². The SMILES string of the molecule is CCCCCCCCCc1cc(C(=O)NCCO)n[nH]1. The molecule has 1 amide bonds. The molecule has 0 saturated heterocycles. The zero-order valence-electron chi connectivity index (χ0n) is 12.5. The first-order chi connectivity index (χ1) is 9.77. The summed E-state index contributed by atoms with van der Waals surface area (Å²) in [5, 5.41) is 18.1. The molecular formula is C15H27N3O2. The molecule has 0 aliphatic rings. The Balaban J connectivity index is 2.15. The van der Waals surface area contributed by atoms with E-state index in [-0.39, 0.29) is 19.1 Å². The number of carbonyl (C=O) groups excluding carboxylic acids is 1. The number of hydrogen-bond donors (Lipinski definition) is 3. The summed E-state index contributed by atoms with van der Waals surface area (Å²) in [5.41, 5.74) is 1.41. The van der Waals surface area contributed by atoms with Crippen LogP contribution in [0.5, 0.6) is 0 Å². The van der Waals surface area contributed by atoms with Crippen molar-refractivity contribution in [1.29, 1.82) is 0 Å². The molecule has 0 fully saturated rings. The normalized spacial score (nSPS) is 10.7. The van der Waals surface area contributed by atoms with Gasteiger partial charge in [-0.15, -0.1) is 0 Å². The van der Waals surface area contributed by atoms with Gasteiger partial charge in [-0.1, -0.05) is 45.4 Å². The second kappa shape index (κ2) is 10.4. The Labute approximate surface area is 121 Å². The number of H-pyrrole nitrogens is 1. The van der Waals surface area contributed by atoms with Crippen molar-refractivity contribution in [3.63, 3.8) is 0 Å². The number of aliphatic hydroxyl groups excluding tert-OH is 1. The van der Waals surface area contributed by atoms with Gasteiger partial charge in [0.1, 0.15) is 5.69 Å². The number of rotatable bonds is 11. The number of hydrogen-bond acceptors (Lipinski definition) is 3. The van der Waals surface area contributed by atoms with Gasteiger partial charge in [0.05, 0.1) is 6.61 Å². The van der Waals surface area contributed by atoms with Crippen LogP contribution in [0.3, 0.4) is 0 Å². The van der Waals surface area contributed by atoms with E-state index in [0.717, 1.165) is 18.5 Å². The number of carbonyl (C=O) groups is 1. The fourth-order valence-corrected chi connectivity index (χ4v) is 2.14. The van der Waals surface area contributed by atoms with E-state index in [4.69, 9.17) is 5.11 Å². The van der Waals surface area contributed by atoms with Crippen LogP contribution in [0.25, 0.3) is 0 Å². The molecule has 0 aliphatic heterocycles. The van der Waals surface area contributed by atoms with Crippen molar-refractivity contribution < 1.29 is 9.90 Å². The van der Waals surface area contributed by atoms with Crippen LogP contribution in [0.15, 0.2) is 6.07 Å². The summed E-state index contributed by atoms with van der Waals surface area (Å²) in [4.78, 5) is 11.6. The van der Waals surface area contributed by atoms with Crippen molar-refractivity contribution in [1.82, 2.24) is 15.5 Å². The Bertz CT molecular complexity index is 377. The van der Waals surface area contributed by atoms with Crippen LogP contribution in [-0.2, 0) is 6.42 Å². The van der Waals surface area contributed by atoms with Crippen molar-refractivity contribution in [2.45, 2.75) is 58.3 Å². The molecule has 0 atom stereocenters. The molecule has 20 heavy (non-hydrogen) atoms. The van der Waals surface area contributed by atoms with Gasteiger partial charge in [-0.05, 0) is 18.9 Å². The zero-order valence-corrected chi connectivity index (χ0v) is 12.5. The Morgan fingerprint density at radius 3 is 2.65 bits per heavy atom. The second-order valence-corrected chi connectivity index (χ2v) is 5.13. The zero-order chi connectivity index (χ0) is 14.6. The highest BCUT2D eigenvalue weighted by Gasteiger charge is 2.09. The predicted molar refractivity (Wildman–Crippen MR) is 79.7 cm³/mol. The first kappa shape index (κ1) is 16.7. The van der Waals surface area contributed by atoms with Crippen LogP contribution < -0.4 is 5.32 Å². The monoisotopic (exact) mass is 281 g/mol. The Morgan fingerprint density at radius 2 is 1.95 bits per heavy atom. The van der Waals surface area contributed by atoms with E-state index in [1.807, 2.05) is 0 Å². The van der Waals surface area contributed by atoms with Crippen molar-refractivity contribution in [2.24, 2.45) is 0 Å². The molecule has 0 unspecified atom stereocenters. The summed E-state index contributed by atoms with van der Waals surface area (Å²) in [7, 11) is 0. The van der Waals surface area contributed by atoms with Crippen molar-refractivity contribution in [2.75, 3.05) is 13.2 Å². The minimum atomic E-state index is -0.235. The third kappa shape index (κ3) is 6.70. The number of nitrogens with one attached hydrogen (secondary N) is 2. The molecule has 3 N–H and O–H groups in total. The van der Waals surface area contributed by atoms with Crippen molar-refractivity contribution in [3.05, 3.63) is 17.5 Å². The molecule has 1 aromatic heterocycles. The molecule has 0 radical (unpaired) electrons. The van der Waals surface area contributed by atoms with Gasteiger partial charge < -0.3 is 10.4 Å². The molecule has 0 saturated carbocycles. The van der Waals surface area contributed by atoms with E-state index >= 15 is 0 Å². The second-order valence-electron chi connectivity index (χ2n) is 5.13. The highest BCUT2D eigenvalue weighted by molar-refractivity contribution is 5.92. The van der Waals surface area contributed by atoms with E-state index in [0.29, 0.717) is 5.69 Å². The first-order valence-electron chi connectivity index (χ1n) is 7.71. The molecule has 5 nitrogen and oxygen atoms in total. The molecule has 0 aliphatic carbocycles. The van der Waals surface area contributed by atoms with Gasteiger partial charge in [0.15, 0.2) is 0 Å². The lowest BCUT2D eigenvalue weighted by Crippen LogP contribution is -2.26. The minimum Gasteiger partial charge on any atom is -0.395 e. The lowest BCUT2D eigenvalue weighted by atomic mass is 10.1. The largest absolute Gasteiger partial charge is 0.395 e. The molecule has 0 spiro atoms. The van der Waals surface area contributed by atoms with Gasteiger partial charge >= 0.3 is 0 Å². The number of aromatic nitrogens is 2. The molecule has 0 aromatic carbocycles. The van der Waals surface area contributed by atoms with Crippen molar-refractivity contribution >= 4 is 5.91 Å². The Morgan fingerprint density at radius 1 is 1.25 bits per heavy atom. The van der Waals surface area contributed by atoms with Gasteiger partial charge in [0, 0.05) is 12.2 Å². The fraction of sp³-hybridized carbons (Fsp3) is 0.733. The van der Waals surface area contributed by atoms with Gasteiger partial charge in [0.25, 0.3) is 5.91 Å². The molecule has 114 valence electrons. The molecular weight excluding hydrogens is 254 g/mol. The van der Waals surface area contributed by atoms with Crippen LogP contribution >= 0.6 is 0 Å². The van der Waals surface area contributed by atoms with Crippen LogP contribution in [-0.4, -0.2) is 34.4 Å². The summed E-state index contributed by atoms with van der Waals surface area (Å²) >= 11 is 0. The average molecular weight is 281 g/mol.